The van der Waals surface area contributed by atoms with Gasteiger partial charge in [-0.05, 0) is 62.1 Å². The Kier molecular flexibility index (Phi) is 8.51. The SMILES string of the molecule is Cc1ccc(NC(=O)NCC2CCCN(C(=O)CC(C)CCc3ccccc3)C2)cc1. The van der Waals surface area contributed by atoms with Crippen molar-refractivity contribution in [3.05, 3.63) is 65.7 Å². The van der Waals surface area contributed by atoms with Crippen LogP contribution in [0.25, 0.3) is 0 Å². The van der Waals surface area contributed by atoms with Crippen LogP contribution in [0.5, 0.6) is 0 Å². The van der Waals surface area contributed by atoms with Crippen LogP contribution in [0.15, 0.2) is 54.6 Å². The van der Waals surface area contributed by atoms with Crippen molar-refractivity contribution in [2.24, 2.45) is 11.8 Å². The van der Waals surface area contributed by atoms with E-state index in [1.807, 2.05) is 42.2 Å². The maximum Gasteiger partial charge on any atom is 0.319 e. The van der Waals surface area contributed by atoms with Crippen molar-refractivity contribution in [1.82, 2.24) is 10.2 Å². The average molecular weight is 422 g/mol. The third kappa shape index (κ3) is 7.74. The molecule has 0 radical (unpaired) electrons. The number of likely N-dealkylation sites (tertiary alicyclic amines) is 1. The number of carbonyl (C=O) groups excluding carboxylic acids is 2. The van der Waals surface area contributed by atoms with Gasteiger partial charge in [-0.3, -0.25) is 4.79 Å². The van der Waals surface area contributed by atoms with Gasteiger partial charge in [0.05, 0.1) is 0 Å². The lowest BCUT2D eigenvalue weighted by molar-refractivity contribution is -0.133. The van der Waals surface area contributed by atoms with Gasteiger partial charge in [0.15, 0.2) is 0 Å². The van der Waals surface area contributed by atoms with Gasteiger partial charge in [-0.25, -0.2) is 4.79 Å². The molecule has 31 heavy (non-hydrogen) atoms. The van der Waals surface area contributed by atoms with Crippen LogP contribution >= 0.6 is 0 Å². The molecular formula is C26H35N3O2. The summed E-state index contributed by atoms with van der Waals surface area (Å²) in [5.41, 5.74) is 3.27. The summed E-state index contributed by atoms with van der Waals surface area (Å²) >= 11 is 0. The summed E-state index contributed by atoms with van der Waals surface area (Å²) < 4.78 is 0. The van der Waals surface area contributed by atoms with E-state index < -0.39 is 0 Å². The van der Waals surface area contributed by atoms with Crippen molar-refractivity contribution < 1.29 is 9.59 Å². The lowest BCUT2D eigenvalue weighted by Gasteiger charge is -2.33. The first kappa shape index (κ1) is 22.9. The number of carbonyl (C=O) groups is 2. The molecule has 1 heterocycles. The molecule has 2 atom stereocenters. The Morgan fingerprint density at radius 1 is 1.10 bits per heavy atom. The second-order valence-corrected chi connectivity index (χ2v) is 8.88. The summed E-state index contributed by atoms with van der Waals surface area (Å²) in [6.45, 7) is 6.33. The number of urea groups is 1. The molecule has 2 N–H and O–H groups in total. The molecule has 2 aromatic rings. The zero-order valence-corrected chi connectivity index (χ0v) is 18.8. The first-order chi connectivity index (χ1) is 15.0. The normalized spacial score (nSPS) is 17.1. The minimum absolute atomic E-state index is 0.193. The van der Waals surface area contributed by atoms with Crippen LogP contribution in [0.1, 0.15) is 43.7 Å². The van der Waals surface area contributed by atoms with Crippen LogP contribution in [0, 0.1) is 18.8 Å². The Morgan fingerprint density at radius 2 is 1.84 bits per heavy atom. The van der Waals surface area contributed by atoms with E-state index in [0.29, 0.717) is 24.8 Å². The number of rotatable bonds is 8. The number of hydrogen-bond donors (Lipinski definition) is 2. The van der Waals surface area contributed by atoms with Crippen LogP contribution in [0.2, 0.25) is 0 Å². The molecule has 0 aromatic heterocycles. The Bertz CT molecular complexity index is 835. The zero-order valence-electron chi connectivity index (χ0n) is 18.8. The van der Waals surface area contributed by atoms with Gasteiger partial charge >= 0.3 is 6.03 Å². The first-order valence-electron chi connectivity index (χ1n) is 11.4. The van der Waals surface area contributed by atoms with E-state index in [-0.39, 0.29) is 11.9 Å². The third-order valence-corrected chi connectivity index (χ3v) is 6.02. The molecule has 0 spiro atoms. The maximum atomic E-state index is 12.8. The molecule has 2 unspecified atom stereocenters. The van der Waals surface area contributed by atoms with Crippen molar-refractivity contribution in [3.8, 4) is 0 Å². The van der Waals surface area contributed by atoms with Crippen LogP contribution in [0.4, 0.5) is 10.5 Å². The number of amides is 3. The predicted octanol–water partition coefficient (Wildman–Crippen LogP) is 5.01. The molecular weight excluding hydrogens is 386 g/mol. The molecule has 2 aromatic carbocycles. The largest absolute Gasteiger partial charge is 0.342 e. The summed E-state index contributed by atoms with van der Waals surface area (Å²) in [5.74, 6) is 0.918. The van der Waals surface area contributed by atoms with Crippen LogP contribution in [-0.2, 0) is 11.2 Å². The number of benzene rings is 2. The minimum Gasteiger partial charge on any atom is -0.342 e. The van der Waals surface area contributed by atoms with Gasteiger partial charge in [0.25, 0.3) is 0 Å². The fourth-order valence-corrected chi connectivity index (χ4v) is 4.09. The molecule has 3 rings (SSSR count). The number of aryl methyl sites for hydroxylation is 2. The number of hydrogen-bond acceptors (Lipinski definition) is 2. The van der Waals surface area contributed by atoms with E-state index in [2.05, 4.69) is 41.8 Å². The topological polar surface area (TPSA) is 61.4 Å². The lowest BCUT2D eigenvalue weighted by Crippen LogP contribution is -2.44. The molecule has 0 bridgehead atoms. The Morgan fingerprint density at radius 3 is 2.58 bits per heavy atom. The van der Waals surface area contributed by atoms with E-state index in [0.717, 1.165) is 50.0 Å². The predicted molar refractivity (Wildman–Crippen MR) is 126 cm³/mol. The monoisotopic (exact) mass is 421 g/mol. The van der Waals surface area contributed by atoms with Gasteiger partial charge in [0.1, 0.15) is 0 Å². The Hall–Kier alpha value is -2.82. The molecule has 0 saturated carbocycles. The van der Waals surface area contributed by atoms with E-state index in [1.165, 1.54) is 5.56 Å². The van der Waals surface area contributed by atoms with Gasteiger partial charge in [-0.2, -0.15) is 0 Å². The highest BCUT2D eigenvalue weighted by atomic mass is 16.2. The fourth-order valence-electron chi connectivity index (χ4n) is 4.09. The van der Waals surface area contributed by atoms with E-state index in [9.17, 15) is 9.59 Å². The molecule has 1 fully saturated rings. The van der Waals surface area contributed by atoms with Gasteiger partial charge in [-0.1, -0.05) is 55.0 Å². The van der Waals surface area contributed by atoms with Crippen molar-refractivity contribution in [1.29, 1.82) is 0 Å². The standard InChI is InChI=1S/C26H35N3O2/c1-20-11-14-24(15-12-20)28-26(31)27-18-23-9-6-16-29(19-23)25(30)17-21(2)10-13-22-7-4-3-5-8-22/h3-5,7-8,11-12,14-15,21,23H,6,9-10,13,16-19H2,1-2H3,(H2,27,28,31). The summed E-state index contributed by atoms with van der Waals surface area (Å²) in [5, 5.41) is 5.83. The Balaban J connectivity index is 1.38. The van der Waals surface area contributed by atoms with Crippen LogP contribution in [0.3, 0.4) is 0 Å². The summed E-state index contributed by atoms with van der Waals surface area (Å²) in [4.78, 5) is 27.0. The highest BCUT2D eigenvalue weighted by Gasteiger charge is 2.24. The van der Waals surface area contributed by atoms with Crippen LogP contribution < -0.4 is 10.6 Å². The van der Waals surface area contributed by atoms with Gasteiger partial charge < -0.3 is 15.5 Å². The smallest absolute Gasteiger partial charge is 0.319 e. The summed E-state index contributed by atoms with van der Waals surface area (Å²) in [6, 6.07) is 18.0. The number of nitrogens with one attached hydrogen (secondary N) is 2. The quantitative estimate of drug-likeness (QED) is 0.629. The van der Waals surface area contributed by atoms with E-state index >= 15 is 0 Å². The Labute approximate surface area is 186 Å². The van der Waals surface area contributed by atoms with E-state index in [4.69, 9.17) is 0 Å². The lowest BCUT2D eigenvalue weighted by atomic mass is 9.95. The highest BCUT2D eigenvalue weighted by molar-refractivity contribution is 5.89. The molecule has 5 nitrogen and oxygen atoms in total. The molecule has 3 amide bonds. The summed E-state index contributed by atoms with van der Waals surface area (Å²) in [7, 11) is 0. The second-order valence-electron chi connectivity index (χ2n) is 8.88. The van der Waals surface area contributed by atoms with Crippen LogP contribution in [-0.4, -0.2) is 36.5 Å². The van der Waals surface area contributed by atoms with Crippen molar-refractivity contribution in [2.75, 3.05) is 25.0 Å². The molecule has 0 aliphatic carbocycles. The molecule has 1 aliphatic rings. The molecule has 1 saturated heterocycles. The molecule has 166 valence electrons. The van der Waals surface area contributed by atoms with Gasteiger partial charge in [0, 0.05) is 31.7 Å². The molecule has 1 aliphatic heterocycles. The fraction of sp³-hybridized carbons (Fsp3) is 0.462. The maximum absolute atomic E-state index is 12.8. The highest BCUT2D eigenvalue weighted by Crippen LogP contribution is 2.20. The number of piperidine rings is 1. The van der Waals surface area contributed by atoms with Gasteiger partial charge in [0.2, 0.25) is 5.91 Å². The second kappa shape index (κ2) is 11.5. The van der Waals surface area contributed by atoms with E-state index in [1.54, 1.807) is 0 Å². The van der Waals surface area contributed by atoms with Gasteiger partial charge in [-0.15, -0.1) is 0 Å². The number of anilines is 1. The third-order valence-electron chi connectivity index (χ3n) is 6.02. The molecule has 5 heteroatoms. The first-order valence-corrected chi connectivity index (χ1v) is 11.4. The summed E-state index contributed by atoms with van der Waals surface area (Å²) in [6.07, 6.45) is 4.67. The zero-order chi connectivity index (χ0) is 22.1. The van der Waals surface area contributed by atoms with Crippen molar-refractivity contribution in [2.45, 2.75) is 46.0 Å². The minimum atomic E-state index is -0.193. The average Bonchev–Trinajstić information content (AvgIpc) is 2.79. The number of nitrogens with zero attached hydrogens (tertiary/aromatic N) is 1. The van der Waals surface area contributed by atoms with Crippen molar-refractivity contribution in [3.63, 3.8) is 0 Å². The van der Waals surface area contributed by atoms with Crippen molar-refractivity contribution >= 4 is 17.6 Å².